The zero-order chi connectivity index (χ0) is 17.2. The molecular formula is C20H25Cl2N3O2. The third kappa shape index (κ3) is 4.38. The first-order chi connectivity index (χ1) is 12.3. The molecule has 2 heterocycles. The quantitative estimate of drug-likeness (QED) is 0.807. The molecule has 5 nitrogen and oxygen atoms in total. The van der Waals surface area contributed by atoms with Crippen LogP contribution in [0.2, 0.25) is 0 Å². The highest BCUT2D eigenvalue weighted by molar-refractivity contribution is 5.98. The molecule has 2 aromatic rings. The van der Waals surface area contributed by atoms with Gasteiger partial charge in [0, 0.05) is 18.8 Å². The van der Waals surface area contributed by atoms with E-state index in [1.54, 1.807) is 0 Å². The van der Waals surface area contributed by atoms with E-state index in [1.807, 2.05) is 18.2 Å². The van der Waals surface area contributed by atoms with Gasteiger partial charge in [-0.3, -0.25) is 4.79 Å². The molecular weight excluding hydrogens is 385 g/mol. The van der Waals surface area contributed by atoms with E-state index in [4.69, 9.17) is 10.5 Å². The van der Waals surface area contributed by atoms with E-state index in [1.165, 1.54) is 11.3 Å². The van der Waals surface area contributed by atoms with Crippen LogP contribution in [0.3, 0.4) is 0 Å². The molecule has 4 rings (SSSR count). The van der Waals surface area contributed by atoms with Gasteiger partial charge in [0.05, 0.1) is 17.5 Å². The third-order valence-electron chi connectivity index (χ3n) is 5.00. The van der Waals surface area contributed by atoms with Crippen LogP contribution in [0.15, 0.2) is 48.5 Å². The van der Waals surface area contributed by atoms with E-state index in [2.05, 4.69) is 40.5 Å². The van der Waals surface area contributed by atoms with Gasteiger partial charge in [-0.1, -0.05) is 30.3 Å². The third-order valence-corrected chi connectivity index (χ3v) is 5.00. The number of anilines is 3. The van der Waals surface area contributed by atoms with Crippen LogP contribution in [0, 0.1) is 0 Å². The number of hydrogen-bond donors (Lipinski definition) is 2. The predicted octanol–water partition coefficient (Wildman–Crippen LogP) is 3.67. The first kappa shape index (κ1) is 21.5. The number of ether oxygens (including phenoxy) is 1. The summed E-state index contributed by atoms with van der Waals surface area (Å²) in [4.78, 5) is 14.9. The second-order valence-corrected chi connectivity index (χ2v) is 6.60. The van der Waals surface area contributed by atoms with E-state index in [-0.39, 0.29) is 36.8 Å². The van der Waals surface area contributed by atoms with E-state index in [0.717, 1.165) is 37.2 Å². The lowest BCUT2D eigenvalue weighted by molar-refractivity contribution is -0.126. The maximum absolute atomic E-state index is 12.6. The summed E-state index contributed by atoms with van der Waals surface area (Å²) in [5, 5.41) is 3.06. The highest BCUT2D eigenvalue weighted by Gasteiger charge is 2.30. The normalized spacial score (nSPS) is 20.4. The van der Waals surface area contributed by atoms with Crippen molar-refractivity contribution in [3.8, 4) is 0 Å². The molecule has 0 spiro atoms. The van der Waals surface area contributed by atoms with Crippen molar-refractivity contribution in [3.63, 3.8) is 0 Å². The average Bonchev–Trinajstić information content (AvgIpc) is 3.29. The minimum atomic E-state index is -0.410. The van der Waals surface area contributed by atoms with Crippen LogP contribution < -0.4 is 16.0 Å². The van der Waals surface area contributed by atoms with Gasteiger partial charge in [0.2, 0.25) is 0 Å². The Morgan fingerprint density at radius 3 is 2.52 bits per heavy atom. The fourth-order valence-corrected chi connectivity index (χ4v) is 3.69. The van der Waals surface area contributed by atoms with Crippen molar-refractivity contribution in [1.29, 1.82) is 0 Å². The molecule has 0 aromatic heterocycles. The van der Waals surface area contributed by atoms with Crippen LogP contribution in [-0.4, -0.2) is 31.2 Å². The Labute approximate surface area is 172 Å². The van der Waals surface area contributed by atoms with Gasteiger partial charge in [-0.25, -0.2) is 0 Å². The summed E-state index contributed by atoms with van der Waals surface area (Å²) >= 11 is 0. The van der Waals surface area contributed by atoms with E-state index < -0.39 is 6.10 Å². The zero-order valence-corrected chi connectivity index (χ0v) is 16.6. The molecule has 1 saturated heterocycles. The van der Waals surface area contributed by atoms with Crippen LogP contribution in [-0.2, 0) is 16.0 Å². The Morgan fingerprint density at radius 2 is 1.78 bits per heavy atom. The largest absolute Gasteiger partial charge is 0.364 e. The van der Waals surface area contributed by atoms with Crippen LogP contribution in [0.4, 0.5) is 17.1 Å². The number of nitrogens with one attached hydrogen (secondary N) is 1. The van der Waals surface area contributed by atoms with Crippen molar-refractivity contribution in [3.05, 3.63) is 54.1 Å². The van der Waals surface area contributed by atoms with Gasteiger partial charge < -0.3 is 20.7 Å². The van der Waals surface area contributed by atoms with Crippen molar-refractivity contribution < 1.29 is 9.53 Å². The average molecular weight is 410 g/mol. The summed E-state index contributed by atoms with van der Waals surface area (Å²) in [6.45, 7) is 1.38. The van der Waals surface area contributed by atoms with Gasteiger partial charge in [-0.15, -0.1) is 24.8 Å². The first-order valence-corrected chi connectivity index (χ1v) is 8.87. The minimum Gasteiger partial charge on any atom is -0.364 e. The van der Waals surface area contributed by atoms with Crippen LogP contribution in [0.25, 0.3) is 0 Å². The van der Waals surface area contributed by atoms with Gasteiger partial charge in [-0.05, 0) is 43.0 Å². The Morgan fingerprint density at radius 1 is 1.07 bits per heavy atom. The van der Waals surface area contributed by atoms with Gasteiger partial charge in [-0.2, -0.15) is 0 Å². The number of rotatable bonds is 4. The molecule has 0 aliphatic carbocycles. The monoisotopic (exact) mass is 409 g/mol. The maximum Gasteiger partial charge on any atom is 0.253 e. The Bertz CT molecular complexity index is 787. The van der Waals surface area contributed by atoms with Crippen molar-refractivity contribution in [2.24, 2.45) is 5.73 Å². The number of amides is 1. The summed E-state index contributed by atoms with van der Waals surface area (Å²) in [5.74, 6) is -0.0871. The highest BCUT2D eigenvalue weighted by Crippen LogP contribution is 2.38. The second kappa shape index (κ2) is 9.42. The van der Waals surface area contributed by atoms with Crippen molar-refractivity contribution in [2.45, 2.75) is 31.5 Å². The number of hydrogen-bond acceptors (Lipinski definition) is 4. The van der Waals surface area contributed by atoms with E-state index in [9.17, 15) is 4.79 Å². The molecule has 0 unspecified atom stereocenters. The van der Waals surface area contributed by atoms with Crippen molar-refractivity contribution in [2.75, 3.05) is 23.3 Å². The highest BCUT2D eigenvalue weighted by atomic mass is 35.5. The fraction of sp³-hybridized carbons (Fsp3) is 0.350. The molecule has 7 heteroatoms. The minimum absolute atomic E-state index is 0. The summed E-state index contributed by atoms with van der Waals surface area (Å²) in [6.07, 6.45) is 2.17. The van der Waals surface area contributed by atoms with Crippen LogP contribution >= 0.6 is 24.8 Å². The number of nitrogens with two attached hydrogens (primary N) is 1. The zero-order valence-electron chi connectivity index (χ0n) is 15.0. The SMILES string of the molecule is Cl.Cl.NC[C@H]1CC[C@@H](C(=O)Nc2ccccc2N2CCc3ccccc32)O1. The summed E-state index contributed by atoms with van der Waals surface area (Å²) in [5.41, 5.74) is 10.0. The molecule has 1 amide bonds. The molecule has 27 heavy (non-hydrogen) atoms. The Hall–Kier alpha value is -1.79. The van der Waals surface area contributed by atoms with Crippen molar-refractivity contribution >= 4 is 47.8 Å². The first-order valence-electron chi connectivity index (χ1n) is 8.87. The number of carbonyl (C=O) groups excluding carboxylic acids is 1. The van der Waals surface area contributed by atoms with Crippen LogP contribution in [0.5, 0.6) is 0 Å². The molecule has 1 fully saturated rings. The number of benzene rings is 2. The second-order valence-electron chi connectivity index (χ2n) is 6.60. The maximum atomic E-state index is 12.6. The Kier molecular flexibility index (Phi) is 7.50. The molecule has 0 saturated carbocycles. The molecule has 2 aliphatic heterocycles. The van der Waals surface area contributed by atoms with Crippen molar-refractivity contribution in [1.82, 2.24) is 0 Å². The lowest BCUT2D eigenvalue weighted by atomic mass is 10.1. The standard InChI is InChI=1S/C20H23N3O2.2ClH/c21-13-15-9-10-19(25-15)20(24)22-16-6-2-4-8-18(16)23-12-11-14-5-1-3-7-17(14)23;;/h1-8,15,19H,9-13,21H2,(H,22,24);2*1H/t15-,19+;;/m1../s1. The van der Waals surface area contributed by atoms with Crippen LogP contribution in [0.1, 0.15) is 18.4 Å². The molecule has 2 aliphatic rings. The number of fused-ring (bicyclic) bond motifs is 1. The molecule has 3 N–H and O–H groups in total. The summed E-state index contributed by atoms with van der Waals surface area (Å²) < 4.78 is 5.72. The Balaban J connectivity index is 0.00000131. The topological polar surface area (TPSA) is 67.6 Å². The summed E-state index contributed by atoms with van der Waals surface area (Å²) in [6, 6.07) is 16.4. The molecule has 146 valence electrons. The fourth-order valence-electron chi connectivity index (χ4n) is 3.69. The molecule has 0 bridgehead atoms. The van der Waals surface area contributed by atoms with E-state index >= 15 is 0 Å². The van der Waals surface area contributed by atoms with E-state index in [0.29, 0.717) is 6.54 Å². The van der Waals surface area contributed by atoms with Gasteiger partial charge in [0.15, 0.2) is 0 Å². The summed E-state index contributed by atoms with van der Waals surface area (Å²) in [7, 11) is 0. The van der Waals surface area contributed by atoms with Gasteiger partial charge in [0.1, 0.15) is 6.10 Å². The molecule has 2 atom stereocenters. The predicted molar refractivity (Wildman–Crippen MR) is 114 cm³/mol. The number of carbonyl (C=O) groups is 1. The molecule has 0 radical (unpaired) electrons. The lowest BCUT2D eigenvalue weighted by Crippen LogP contribution is -2.30. The van der Waals surface area contributed by atoms with Gasteiger partial charge in [0.25, 0.3) is 5.91 Å². The van der Waals surface area contributed by atoms with Gasteiger partial charge >= 0.3 is 0 Å². The smallest absolute Gasteiger partial charge is 0.253 e. The lowest BCUT2D eigenvalue weighted by Gasteiger charge is -2.23. The number of nitrogens with zero attached hydrogens (tertiary/aromatic N) is 1. The number of para-hydroxylation sites is 3. The molecule has 2 aromatic carbocycles. The number of halogens is 2.